The monoisotopic (exact) mass is 263 g/mol. The number of hydrogen-bond acceptors (Lipinski definition) is 2. The molecular formula is C15H18FNO2. The standard InChI is InChI=1S/C15H18FNO2/c1-3-9(4-2)15(19)11-7-10-5-6-14(18)17-13(10)8-12(11)16/h7-9H,3-6H2,1-2H3,(H,17,18). The van der Waals surface area contributed by atoms with E-state index in [1.54, 1.807) is 6.07 Å². The number of Topliss-reactive ketones (excluding diaryl/α,β-unsaturated/α-hetero) is 1. The molecule has 1 heterocycles. The van der Waals surface area contributed by atoms with Gasteiger partial charge in [-0.25, -0.2) is 4.39 Å². The lowest BCUT2D eigenvalue weighted by atomic mass is 9.90. The van der Waals surface area contributed by atoms with Gasteiger partial charge >= 0.3 is 0 Å². The van der Waals surface area contributed by atoms with Gasteiger partial charge in [-0.15, -0.1) is 0 Å². The van der Waals surface area contributed by atoms with Crippen molar-refractivity contribution in [2.24, 2.45) is 5.92 Å². The average molecular weight is 263 g/mol. The van der Waals surface area contributed by atoms with E-state index in [-0.39, 0.29) is 23.2 Å². The van der Waals surface area contributed by atoms with Gasteiger partial charge in [-0.2, -0.15) is 0 Å². The van der Waals surface area contributed by atoms with Crippen LogP contribution in [-0.4, -0.2) is 11.7 Å². The van der Waals surface area contributed by atoms with Crippen molar-refractivity contribution in [2.45, 2.75) is 39.5 Å². The first-order valence-corrected chi connectivity index (χ1v) is 6.73. The molecule has 1 N–H and O–H groups in total. The van der Waals surface area contributed by atoms with Crippen LogP contribution in [0.25, 0.3) is 0 Å². The molecule has 102 valence electrons. The lowest BCUT2D eigenvalue weighted by Gasteiger charge is -2.19. The van der Waals surface area contributed by atoms with Crippen molar-refractivity contribution in [1.82, 2.24) is 0 Å². The first-order valence-electron chi connectivity index (χ1n) is 6.73. The molecule has 0 aliphatic carbocycles. The van der Waals surface area contributed by atoms with Crippen molar-refractivity contribution in [2.75, 3.05) is 5.32 Å². The number of fused-ring (bicyclic) bond motifs is 1. The summed E-state index contributed by atoms with van der Waals surface area (Å²) in [6, 6.07) is 2.87. The number of benzene rings is 1. The third-order valence-electron chi connectivity index (χ3n) is 3.71. The highest BCUT2D eigenvalue weighted by Crippen LogP contribution is 2.28. The van der Waals surface area contributed by atoms with Crippen LogP contribution < -0.4 is 5.32 Å². The molecule has 1 aliphatic heterocycles. The van der Waals surface area contributed by atoms with Gasteiger partial charge in [-0.05, 0) is 37.0 Å². The van der Waals surface area contributed by atoms with Gasteiger partial charge < -0.3 is 5.32 Å². The maximum absolute atomic E-state index is 14.0. The number of ketones is 1. The molecular weight excluding hydrogens is 245 g/mol. The fraction of sp³-hybridized carbons (Fsp3) is 0.467. The SMILES string of the molecule is CCC(CC)C(=O)c1cc2c(cc1F)NC(=O)CC2. The van der Waals surface area contributed by atoms with Crippen LogP contribution in [0.4, 0.5) is 10.1 Å². The molecule has 19 heavy (non-hydrogen) atoms. The minimum Gasteiger partial charge on any atom is -0.326 e. The van der Waals surface area contributed by atoms with Gasteiger partial charge in [0.05, 0.1) is 5.56 Å². The van der Waals surface area contributed by atoms with Crippen molar-refractivity contribution in [3.63, 3.8) is 0 Å². The minimum atomic E-state index is -0.544. The first kappa shape index (κ1) is 13.7. The van der Waals surface area contributed by atoms with Crippen LogP contribution >= 0.6 is 0 Å². The van der Waals surface area contributed by atoms with E-state index >= 15 is 0 Å². The molecule has 1 amide bonds. The van der Waals surface area contributed by atoms with E-state index in [9.17, 15) is 14.0 Å². The molecule has 0 saturated carbocycles. The van der Waals surface area contributed by atoms with Gasteiger partial charge in [0.1, 0.15) is 5.82 Å². The molecule has 0 fully saturated rings. The Bertz CT molecular complexity index is 521. The lowest BCUT2D eigenvalue weighted by molar-refractivity contribution is -0.116. The third-order valence-corrected chi connectivity index (χ3v) is 3.71. The van der Waals surface area contributed by atoms with Crippen molar-refractivity contribution in [3.8, 4) is 0 Å². The Hall–Kier alpha value is -1.71. The van der Waals surface area contributed by atoms with Crippen LogP contribution in [0.1, 0.15) is 49.0 Å². The van der Waals surface area contributed by atoms with Gasteiger partial charge in [0.2, 0.25) is 5.91 Å². The Morgan fingerprint density at radius 2 is 2.00 bits per heavy atom. The Kier molecular flexibility index (Phi) is 3.98. The Balaban J connectivity index is 2.37. The van der Waals surface area contributed by atoms with Crippen LogP contribution in [-0.2, 0) is 11.2 Å². The van der Waals surface area contributed by atoms with Crippen LogP contribution in [0.3, 0.4) is 0 Å². The Morgan fingerprint density at radius 1 is 1.32 bits per heavy atom. The lowest BCUT2D eigenvalue weighted by Crippen LogP contribution is -2.21. The zero-order valence-electron chi connectivity index (χ0n) is 11.3. The molecule has 0 unspecified atom stereocenters. The molecule has 3 nitrogen and oxygen atoms in total. The molecule has 1 aliphatic rings. The van der Waals surface area contributed by atoms with E-state index in [0.29, 0.717) is 31.4 Å². The molecule has 0 radical (unpaired) electrons. The van der Waals surface area contributed by atoms with E-state index in [2.05, 4.69) is 5.32 Å². The number of carbonyl (C=O) groups excluding carboxylic acids is 2. The predicted octanol–water partition coefficient (Wildman–Crippen LogP) is 3.33. The highest BCUT2D eigenvalue weighted by Gasteiger charge is 2.23. The summed E-state index contributed by atoms with van der Waals surface area (Å²) in [4.78, 5) is 23.5. The summed E-state index contributed by atoms with van der Waals surface area (Å²) in [7, 11) is 0. The Morgan fingerprint density at radius 3 is 2.63 bits per heavy atom. The fourth-order valence-electron chi connectivity index (χ4n) is 2.47. The van der Waals surface area contributed by atoms with Crippen molar-refractivity contribution >= 4 is 17.4 Å². The zero-order chi connectivity index (χ0) is 14.0. The second-order valence-electron chi connectivity index (χ2n) is 4.92. The van der Waals surface area contributed by atoms with Gasteiger partial charge in [0.15, 0.2) is 5.78 Å². The summed E-state index contributed by atoms with van der Waals surface area (Å²) in [5, 5.41) is 2.63. The smallest absolute Gasteiger partial charge is 0.224 e. The van der Waals surface area contributed by atoms with Gasteiger partial charge in [0, 0.05) is 18.0 Å². The second-order valence-corrected chi connectivity index (χ2v) is 4.92. The number of nitrogens with one attached hydrogen (secondary N) is 1. The van der Waals surface area contributed by atoms with Gasteiger partial charge in [0.25, 0.3) is 0 Å². The Labute approximate surface area is 112 Å². The summed E-state index contributed by atoms with van der Waals surface area (Å²) >= 11 is 0. The van der Waals surface area contributed by atoms with Crippen molar-refractivity contribution < 1.29 is 14.0 Å². The number of aryl methyl sites for hydroxylation is 1. The average Bonchev–Trinajstić information content (AvgIpc) is 2.39. The molecule has 0 bridgehead atoms. The maximum atomic E-state index is 14.0. The minimum absolute atomic E-state index is 0.106. The number of carbonyl (C=O) groups is 2. The number of amides is 1. The van der Waals surface area contributed by atoms with Crippen LogP contribution in [0.15, 0.2) is 12.1 Å². The van der Waals surface area contributed by atoms with E-state index in [1.165, 1.54) is 6.07 Å². The molecule has 0 spiro atoms. The molecule has 2 rings (SSSR count). The maximum Gasteiger partial charge on any atom is 0.224 e. The van der Waals surface area contributed by atoms with Crippen molar-refractivity contribution in [3.05, 3.63) is 29.1 Å². The van der Waals surface area contributed by atoms with Gasteiger partial charge in [-0.3, -0.25) is 9.59 Å². The quantitative estimate of drug-likeness (QED) is 0.847. The normalized spacial score (nSPS) is 14.2. The molecule has 0 saturated heterocycles. The van der Waals surface area contributed by atoms with Crippen molar-refractivity contribution in [1.29, 1.82) is 0 Å². The summed E-state index contributed by atoms with van der Waals surface area (Å²) in [6.07, 6.45) is 2.37. The molecule has 1 aromatic rings. The molecule has 1 aromatic carbocycles. The third kappa shape index (κ3) is 2.67. The van der Waals surface area contributed by atoms with E-state index < -0.39 is 5.82 Å². The molecule has 0 atom stereocenters. The number of halogens is 1. The first-order chi connectivity index (χ1) is 9.06. The predicted molar refractivity (Wildman–Crippen MR) is 71.8 cm³/mol. The zero-order valence-corrected chi connectivity index (χ0v) is 11.3. The fourth-order valence-corrected chi connectivity index (χ4v) is 2.47. The van der Waals surface area contributed by atoms with E-state index in [1.807, 2.05) is 13.8 Å². The summed E-state index contributed by atoms with van der Waals surface area (Å²) in [5.41, 5.74) is 1.49. The molecule has 0 aromatic heterocycles. The number of anilines is 1. The summed E-state index contributed by atoms with van der Waals surface area (Å²) in [5.74, 6) is -0.920. The largest absolute Gasteiger partial charge is 0.326 e. The van der Waals surface area contributed by atoms with E-state index in [4.69, 9.17) is 0 Å². The second kappa shape index (κ2) is 5.51. The highest BCUT2D eigenvalue weighted by atomic mass is 19.1. The number of rotatable bonds is 4. The summed E-state index contributed by atoms with van der Waals surface area (Å²) in [6.45, 7) is 3.87. The number of hydrogen-bond donors (Lipinski definition) is 1. The topological polar surface area (TPSA) is 46.2 Å². The molecule has 4 heteroatoms. The summed E-state index contributed by atoms with van der Waals surface area (Å²) < 4.78 is 14.0. The van der Waals surface area contributed by atoms with Crippen LogP contribution in [0.5, 0.6) is 0 Å². The highest BCUT2D eigenvalue weighted by molar-refractivity contribution is 6.00. The van der Waals surface area contributed by atoms with Crippen LogP contribution in [0, 0.1) is 11.7 Å². The van der Waals surface area contributed by atoms with E-state index in [0.717, 1.165) is 5.56 Å². The van der Waals surface area contributed by atoms with Crippen LogP contribution in [0.2, 0.25) is 0 Å². The van der Waals surface area contributed by atoms with Gasteiger partial charge in [-0.1, -0.05) is 13.8 Å².